The zero-order valence-electron chi connectivity index (χ0n) is 6.94. The van der Waals surface area contributed by atoms with Crippen LogP contribution in [0.1, 0.15) is 12.0 Å². The quantitative estimate of drug-likeness (QED) is 0.618. The third-order valence-corrected chi connectivity index (χ3v) is 2.49. The van der Waals surface area contributed by atoms with Crippen molar-refractivity contribution in [2.45, 2.75) is 12.8 Å². The lowest BCUT2D eigenvalue weighted by Gasteiger charge is -1.96. The predicted octanol–water partition coefficient (Wildman–Crippen LogP) is 2.06. The summed E-state index contributed by atoms with van der Waals surface area (Å²) in [7, 11) is 0. The average Bonchev–Trinajstić information content (AvgIpc) is 2.85. The first-order chi connectivity index (χ1) is 5.90. The van der Waals surface area contributed by atoms with Crippen LogP contribution < -0.4 is 0 Å². The highest BCUT2D eigenvalue weighted by atomic mass is 16.1. The number of hydrogen-bond acceptors (Lipinski definition) is 1. The first-order valence-corrected chi connectivity index (χ1v) is 4.39. The van der Waals surface area contributed by atoms with Gasteiger partial charge in [0.2, 0.25) is 0 Å². The van der Waals surface area contributed by atoms with Crippen LogP contribution in [0.4, 0.5) is 0 Å². The molecule has 12 heavy (non-hydrogen) atoms. The Labute approximate surface area is 72.4 Å². The molecule has 1 aromatic carbocycles. The number of rotatable bonds is 3. The molecule has 1 aromatic rings. The largest absolute Gasteiger partial charge is 0.303 e. The SMILES string of the molecule is O=CC1CC1Cc1ccccc1. The van der Waals surface area contributed by atoms with Gasteiger partial charge in [0.25, 0.3) is 0 Å². The summed E-state index contributed by atoms with van der Waals surface area (Å²) in [6.45, 7) is 0. The van der Waals surface area contributed by atoms with Gasteiger partial charge >= 0.3 is 0 Å². The number of carbonyl (C=O) groups excluding carboxylic acids is 1. The highest BCUT2D eigenvalue weighted by molar-refractivity contribution is 5.58. The van der Waals surface area contributed by atoms with Gasteiger partial charge in [0.05, 0.1) is 0 Å². The first-order valence-electron chi connectivity index (χ1n) is 4.39. The molecular formula is C11H12O. The molecule has 2 unspecified atom stereocenters. The molecule has 0 saturated heterocycles. The molecule has 0 aromatic heterocycles. The molecular weight excluding hydrogens is 148 g/mol. The topological polar surface area (TPSA) is 17.1 Å². The predicted molar refractivity (Wildman–Crippen MR) is 47.8 cm³/mol. The number of benzene rings is 1. The van der Waals surface area contributed by atoms with E-state index in [0.717, 1.165) is 19.1 Å². The number of aldehydes is 1. The van der Waals surface area contributed by atoms with Gasteiger partial charge < -0.3 is 4.79 Å². The van der Waals surface area contributed by atoms with Crippen molar-refractivity contribution >= 4 is 6.29 Å². The fraction of sp³-hybridized carbons (Fsp3) is 0.364. The van der Waals surface area contributed by atoms with Gasteiger partial charge in [-0.2, -0.15) is 0 Å². The molecule has 2 atom stereocenters. The lowest BCUT2D eigenvalue weighted by Crippen LogP contribution is -1.89. The molecule has 1 aliphatic rings. The average molecular weight is 160 g/mol. The Morgan fingerprint density at radius 2 is 2.08 bits per heavy atom. The number of hydrogen-bond donors (Lipinski definition) is 0. The zero-order valence-corrected chi connectivity index (χ0v) is 6.94. The summed E-state index contributed by atoms with van der Waals surface area (Å²) < 4.78 is 0. The van der Waals surface area contributed by atoms with Crippen molar-refractivity contribution in [3.63, 3.8) is 0 Å². The second-order valence-electron chi connectivity index (χ2n) is 3.49. The summed E-state index contributed by atoms with van der Waals surface area (Å²) >= 11 is 0. The lowest BCUT2D eigenvalue weighted by molar-refractivity contribution is -0.109. The molecule has 1 heteroatoms. The maximum Gasteiger partial charge on any atom is 0.123 e. The molecule has 0 spiro atoms. The summed E-state index contributed by atoms with van der Waals surface area (Å²) in [6.07, 6.45) is 3.26. The molecule has 62 valence electrons. The molecule has 0 radical (unpaired) electrons. The Hall–Kier alpha value is -1.11. The van der Waals surface area contributed by atoms with Gasteiger partial charge in [0, 0.05) is 5.92 Å². The number of carbonyl (C=O) groups is 1. The Bertz CT molecular complexity index is 266. The molecule has 0 N–H and O–H groups in total. The molecule has 1 fully saturated rings. The van der Waals surface area contributed by atoms with Crippen molar-refractivity contribution in [2.75, 3.05) is 0 Å². The van der Waals surface area contributed by atoms with Gasteiger partial charge in [-0.05, 0) is 24.3 Å². The van der Waals surface area contributed by atoms with Crippen LogP contribution in [0, 0.1) is 11.8 Å². The summed E-state index contributed by atoms with van der Waals surface area (Å²) in [4.78, 5) is 10.4. The van der Waals surface area contributed by atoms with Crippen molar-refractivity contribution in [3.05, 3.63) is 35.9 Å². The second kappa shape index (κ2) is 3.10. The van der Waals surface area contributed by atoms with Gasteiger partial charge in [-0.3, -0.25) is 0 Å². The van der Waals surface area contributed by atoms with Crippen molar-refractivity contribution in [3.8, 4) is 0 Å². The third kappa shape index (κ3) is 1.55. The highest BCUT2D eigenvalue weighted by Gasteiger charge is 2.36. The van der Waals surface area contributed by atoms with Crippen LogP contribution in [0.3, 0.4) is 0 Å². The van der Waals surface area contributed by atoms with Crippen molar-refractivity contribution < 1.29 is 4.79 Å². The van der Waals surface area contributed by atoms with E-state index in [4.69, 9.17) is 0 Å². The molecule has 0 amide bonds. The standard InChI is InChI=1S/C11H12O/c12-8-11-7-10(11)6-9-4-2-1-3-5-9/h1-5,8,10-11H,6-7H2. The van der Waals surface area contributed by atoms with Gasteiger partial charge in [0.15, 0.2) is 0 Å². The van der Waals surface area contributed by atoms with Gasteiger partial charge in [-0.1, -0.05) is 30.3 Å². The van der Waals surface area contributed by atoms with E-state index in [1.54, 1.807) is 0 Å². The molecule has 2 rings (SSSR count). The maximum atomic E-state index is 10.4. The van der Waals surface area contributed by atoms with Crippen molar-refractivity contribution in [1.29, 1.82) is 0 Å². The molecule has 1 saturated carbocycles. The van der Waals surface area contributed by atoms with E-state index in [2.05, 4.69) is 12.1 Å². The summed E-state index contributed by atoms with van der Waals surface area (Å²) in [5.74, 6) is 0.982. The van der Waals surface area contributed by atoms with E-state index < -0.39 is 0 Å². The normalized spacial score (nSPS) is 26.7. The Morgan fingerprint density at radius 3 is 2.67 bits per heavy atom. The molecule has 0 heterocycles. The molecule has 0 aliphatic heterocycles. The van der Waals surface area contributed by atoms with Gasteiger partial charge in [0.1, 0.15) is 6.29 Å². The highest BCUT2D eigenvalue weighted by Crippen LogP contribution is 2.39. The minimum Gasteiger partial charge on any atom is -0.303 e. The minimum atomic E-state index is 0.352. The maximum absolute atomic E-state index is 10.4. The minimum absolute atomic E-state index is 0.352. The van der Waals surface area contributed by atoms with E-state index in [9.17, 15) is 4.79 Å². The van der Waals surface area contributed by atoms with Gasteiger partial charge in [-0.25, -0.2) is 0 Å². The van der Waals surface area contributed by atoms with Gasteiger partial charge in [-0.15, -0.1) is 0 Å². The Morgan fingerprint density at radius 1 is 1.33 bits per heavy atom. The van der Waals surface area contributed by atoms with E-state index in [-0.39, 0.29) is 0 Å². The zero-order chi connectivity index (χ0) is 8.39. The van der Waals surface area contributed by atoms with Crippen molar-refractivity contribution in [2.24, 2.45) is 11.8 Å². The second-order valence-corrected chi connectivity index (χ2v) is 3.49. The Kier molecular flexibility index (Phi) is 1.94. The molecule has 0 bridgehead atoms. The summed E-state index contributed by atoms with van der Waals surface area (Å²) in [6, 6.07) is 10.4. The van der Waals surface area contributed by atoms with Crippen LogP contribution in [0.15, 0.2) is 30.3 Å². The third-order valence-electron chi connectivity index (χ3n) is 2.49. The molecule has 1 aliphatic carbocycles. The van der Waals surface area contributed by atoms with Crippen LogP contribution in [0.5, 0.6) is 0 Å². The first kappa shape index (κ1) is 7.53. The monoisotopic (exact) mass is 160 g/mol. The van der Waals surface area contributed by atoms with Crippen LogP contribution in [0.2, 0.25) is 0 Å². The van der Waals surface area contributed by atoms with E-state index >= 15 is 0 Å². The fourth-order valence-electron chi connectivity index (χ4n) is 1.59. The van der Waals surface area contributed by atoms with E-state index in [1.165, 1.54) is 5.56 Å². The van der Waals surface area contributed by atoms with E-state index in [0.29, 0.717) is 11.8 Å². The Balaban J connectivity index is 1.93. The lowest BCUT2D eigenvalue weighted by atomic mass is 10.1. The summed E-state index contributed by atoms with van der Waals surface area (Å²) in [5.41, 5.74) is 1.35. The van der Waals surface area contributed by atoms with Crippen LogP contribution in [-0.2, 0) is 11.2 Å². The van der Waals surface area contributed by atoms with Crippen molar-refractivity contribution in [1.82, 2.24) is 0 Å². The van der Waals surface area contributed by atoms with Crippen LogP contribution in [-0.4, -0.2) is 6.29 Å². The van der Waals surface area contributed by atoms with E-state index in [1.807, 2.05) is 18.2 Å². The fourth-order valence-corrected chi connectivity index (χ4v) is 1.59. The smallest absolute Gasteiger partial charge is 0.123 e. The molecule has 1 nitrogen and oxygen atoms in total. The van der Waals surface area contributed by atoms with Crippen LogP contribution >= 0.6 is 0 Å². The summed E-state index contributed by atoms with van der Waals surface area (Å²) in [5, 5.41) is 0. The van der Waals surface area contributed by atoms with Crippen LogP contribution in [0.25, 0.3) is 0 Å².